The zero-order chi connectivity index (χ0) is 6.27. The molecule has 9 heavy (non-hydrogen) atoms. The second-order valence-corrected chi connectivity index (χ2v) is 3.28. The minimum atomic E-state index is 0.628. The molecule has 3 atom stereocenters. The predicted octanol–water partition coefficient (Wildman–Crippen LogP) is 1.96. The van der Waals surface area contributed by atoms with Crippen LogP contribution < -0.4 is 0 Å². The molecule has 0 aromatic rings. The van der Waals surface area contributed by atoms with Gasteiger partial charge in [0, 0.05) is 0 Å². The lowest BCUT2D eigenvalue weighted by Crippen LogP contribution is -2.19. The molecule has 0 aromatic carbocycles. The van der Waals surface area contributed by atoms with Crippen molar-refractivity contribution in [2.75, 3.05) is 0 Å². The molecule has 1 nitrogen and oxygen atoms in total. The summed E-state index contributed by atoms with van der Waals surface area (Å²) >= 11 is 0. The summed E-state index contributed by atoms with van der Waals surface area (Å²) in [6.07, 6.45) is 6.63. The van der Waals surface area contributed by atoms with E-state index in [1.54, 1.807) is 0 Å². The second-order valence-electron chi connectivity index (χ2n) is 3.28. The van der Waals surface area contributed by atoms with Crippen molar-refractivity contribution < 1.29 is 4.74 Å². The molecule has 0 aromatic heterocycles. The molecule has 1 saturated heterocycles. The van der Waals surface area contributed by atoms with Crippen molar-refractivity contribution in [1.82, 2.24) is 0 Å². The first kappa shape index (κ1) is 5.72. The minimum Gasteiger partial charge on any atom is -0.375 e. The standard InChI is InChI=1S/C8H14O/c1-2-8-6-3-4-7(5-6)9-8/h6-8H,2-5H2,1H3. The summed E-state index contributed by atoms with van der Waals surface area (Å²) in [4.78, 5) is 0. The molecule has 1 heteroatoms. The average molecular weight is 126 g/mol. The van der Waals surface area contributed by atoms with E-state index in [-0.39, 0.29) is 0 Å². The van der Waals surface area contributed by atoms with Crippen molar-refractivity contribution in [3.8, 4) is 0 Å². The van der Waals surface area contributed by atoms with E-state index in [0.717, 1.165) is 5.92 Å². The van der Waals surface area contributed by atoms with Crippen molar-refractivity contribution in [2.24, 2.45) is 5.92 Å². The number of rotatable bonds is 1. The number of hydrogen-bond acceptors (Lipinski definition) is 1. The van der Waals surface area contributed by atoms with Crippen molar-refractivity contribution in [3.05, 3.63) is 0 Å². The molecule has 1 saturated carbocycles. The molecule has 2 bridgehead atoms. The molecule has 0 amide bonds. The third-order valence-corrected chi connectivity index (χ3v) is 2.72. The number of hydrogen-bond donors (Lipinski definition) is 0. The molecule has 1 aliphatic heterocycles. The summed E-state index contributed by atoms with van der Waals surface area (Å²) in [5.74, 6) is 0.931. The van der Waals surface area contributed by atoms with Gasteiger partial charge < -0.3 is 4.74 Å². The maximum Gasteiger partial charge on any atom is 0.0605 e. The van der Waals surface area contributed by atoms with Crippen LogP contribution in [0.3, 0.4) is 0 Å². The highest BCUT2D eigenvalue weighted by atomic mass is 16.5. The summed E-state index contributed by atoms with van der Waals surface area (Å²) < 4.78 is 5.71. The minimum absolute atomic E-state index is 0.628. The van der Waals surface area contributed by atoms with Crippen LogP contribution in [-0.2, 0) is 4.74 Å². The second kappa shape index (κ2) is 1.98. The average Bonchev–Trinajstić information content (AvgIpc) is 2.45. The fourth-order valence-corrected chi connectivity index (χ4v) is 2.22. The van der Waals surface area contributed by atoms with Crippen LogP contribution in [0.25, 0.3) is 0 Å². The van der Waals surface area contributed by atoms with Gasteiger partial charge in [0.2, 0.25) is 0 Å². The third-order valence-electron chi connectivity index (χ3n) is 2.72. The van der Waals surface area contributed by atoms with Crippen LogP contribution in [0.2, 0.25) is 0 Å². The van der Waals surface area contributed by atoms with Gasteiger partial charge >= 0.3 is 0 Å². The largest absolute Gasteiger partial charge is 0.375 e. The van der Waals surface area contributed by atoms with Crippen molar-refractivity contribution in [1.29, 1.82) is 0 Å². The highest BCUT2D eigenvalue weighted by molar-refractivity contribution is 4.88. The van der Waals surface area contributed by atoms with E-state index < -0.39 is 0 Å². The van der Waals surface area contributed by atoms with Gasteiger partial charge in [0.25, 0.3) is 0 Å². The van der Waals surface area contributed by atoms with Crippen molar-refractivity contribution in [2.45, 2.75) is 44.8 Å². The molecule has 52 valence electrons. The van der Waals surface area contributed by atoms with Crippen LogP contribution in [0.1, 0.15) is 32.6 Å². The van der Waals surface area contributed by atoms with Gasteiger partial charge in [0.1, 0.15) is 0 Å². The van der Waals surface area contributed by atoms with E-state index >= 15 is 0 Å². The normalized spacial score (nSPS) is 48.3. The molecule has 2 aliphatic rings. The van der Waals surface area contributed by atoms with Gasteiger partial charge in [-0.05, 0) is 31.6 Å². The maximum absolute atomic E-state index is 5.71. The monoisotopic (exact) mass is 126 g/mol. The lowest BCUT2D eigenvalue weighted by atomic mass is 10.0. The molecule has 2 fully saturated rings. The van der Waals surface area contributed by atoms with Gasteiger partial charge in [-0.3, -0.25) is 0 Å². The zero-order valence-corrected chi connectivity index (χ0v) is 5.97. The number of fused-ring (bicyclic) bond motifs is 2. The highest BCUT2D eigenvalue weighted by Gasteiger charge is 2.39. The lowest BCUT2D eigenvalue weighted by Gasteiger charge is -2.19. The van der Waals surface area contributed by atoms with Gasteiger partial charge in [0.15, 0.2) is 0 Å². The Morgan fingerprint density at radius 3 is 2.67 bits per heavy atom. The lowest BCUT2D eigenvalue weighted by molar-refractivity contribution is 0.00244. The van der Waals surface area contributed by atoms with Crippen molar-refractivity contribution in [3.63, 3.8) is 0 Å². The Labute approximate surface area is 56.4 Å². The Morgan fingerprint density at radius 2 is 2.33 bits per heavy atom. The SMILES string of the molecule is CCC1OC2CCC1C2. The predicted molar refractivity (Wildman–Crippen MR) is 36.3 cm³/mol. The van der Waals surface area contributed by atoms with Gasteiger partial charge in [-0.15, -0.1) is 0 Å². The molecular weight excluding hydrogens is 112 g/mol. The van der Waals surface area contributed by atoms with Crippen LogP contribution in [0.5, 0.6) is 0 Å². The first-order valence-electron chi connectivity index (χ1n) is 4.05. The quantitative estimate of drug-likeness (QED) is 0.522. The van der Waals surface area contributed by atoms with Crippen LogP contribution in [-0.4, -0.2) is 12.2 Å². The molecule has 0 N–H and O–H groups in total. The van der Waals surface area contributed by atoms with Gasteiger partial charge in [-0.1, -0.05) is 6.92 Å². The Morgan fingerprint density at radius 1 is 1.44 bits per heavy atom. The summed E-state index contributed by atoms with van der Waals surface area (Å²) in [5.41, 5.74) is 0. The van der Waals surface area contributed by atoms with Crippen LogP contribution in [0.4, 0.5) is 0 Å². The third kappa shape index (κ3) is 0.787. The summed E-state index contributed by atoms with van der Waals surface area (Å²) in [6, 6.07) is 0. The Hall–Kier alpha value is -0.0400. The van der Waals surface area contributed by atoms with Crippen molar-refractivity contribution >= 4 is 0 Å². The van der Waals surface area contributed by atoms with Crippen LogP contribution in [0, 0.1) is 5.92 Å². The van der Waals surface area contributed by atoms with E-state index in [9.17, 15) is 0 Å². The van der Waals surface area contributed by atoms with E-state index in [1.165, 1.54) is 25.7 Å². The zero-order valence-electron chi connectivity index (χ0n) is 5.97. The fourth-order valence-electron chi connectivity index (χ4n) is 2.22. The Kier molecular flexibility index (Phi) is 1.26. The fraction of sp³-hybridized carbons (Fsp3) is 1.00. The van der Waals surface area contributed by atoms with E-state index in [2.05, 4.69) is 6.92 Å². The van der Waals surface area contributed by atoms with Gasteiger partial charge in [-0.2, -0.15) is 0 Å². The molecule has 2 rings (SSSR count). The Bertz CT molecular complexity index is 111. The molecule has 1 heterocycles. The molecular formula is C8H14O. The molecule has 0 radical (unpaired) electrons. The van der Waals surface area contributed by atoms with E-state index in [1.807, 2.05) is 0 Å². The first-order valence-corrected chi connectivity index (χ1v) is 4.05. The van der Waals surface area contributed by atoms with Crippen LogP contribution in [0.15, 0.2) is 0 Å². The molecule has 3 unspecified atom stereocenters. The summed E-state index contributed by atoms with van der Waals surface area (Å²) in [5, 5.41) is 0. The maximum atomic E-state index is 5.71. The van der Waals surface area contributed by atoms with Gasteiger partial charge in [-0.25, -0.2) is 0 Å². The van der Waals surface area contributed by atoms with Gasteiger partial charge in [0.05, 0.1) is 12.2 Å². The molecule has 0 spiro atoms. The van der Waals surface area contributed by atoms with Crippen LogP contribution >= 0.6 is 0 Å². The number of ether oxygens (including phenoxy) is 1. The topological polar surface area (TPSA) is 9.23 Å². The van der Waals surface area contributed by atoms with E-state index in [4.69, 9.17) is 4.74 Å². The summed E-state index contributed by atoms with van der Waals surface area (Å²) in [6.45, 7) is 2.23. The summed E-state index contributed by atoms with van der Waals surface area (Å²) in [7, 11) is 0. The first-order chi connectivity index (χ1) is 4.40. The highest BCUT2D eigenvalue weighted by Crippen LogP contribution is 2.40. The van der Waals surface area contributed by atoms with E-state index in [0.29, 0.717) is 12.2 Å². The Balaban J connectivity index is 2.01. The molecule has 1 aliphatic carbocycles. The smallest absolute Gasteiger partial charge is 0.0605 e.